The average Bonchev–Trinajstić information content (AvgIpc) is 3.48. The Balaban J connectivity index is 1.26. The van der Waals surface area contributed by atoms with E-state index in [0.717, 1.165) is 40.8 Å². The molecule has 0 unspecified atom stereocenters. The first-order valence-corrected chi connectivity index (χ1v) is 10.8. The maximum atomic E-state index is 12.7. The lowest BCUT2D eigenvalue weighted by Gasteiger charge is -2.22. The van der Waals surface area contributed by atoms with Crippen LogP contribution >= 0.6 is 0 Å². The van der Waals surface area contributed by atoms with Gasteiger partial charge in [-0.2, -0.15) is 5.26 Å². The van der Waals surface area contributed by atoms with Gasteiger partial charge in [0.05, 0.1) is 12.5 Å². The van der Waals surface area contributed by atoms with Crippen molar-refractivity contribution in [3.63, 3.8) is 0 Å². The third-order valence-electron chi connectivity index (χ3n) is 7.04. The first-order valence-electron chi connectivity index (χ1n) is 10.8. The maximum Gasteiger partial charge on any atom is 0.228 e. The molecule has 0 spiro atoms. The topological polar surface area (TPSA) is 82.0 Å². The third kappa shape index (κ3) is 3.47. The second kappa shape index (κ2) is 7.60. The van der Waals surface area contributed by atoms with Crippen molar-refractivity contribution < 1.29 is 9.59 Å². The SMILES string of the molecule is N#C[C@H](Cc1ccc(-c2cccc3c2CC(=O)N3)cc1)NC(=O)[C@H]1C[C@@H]2CC[C@H]1C2. The molecular formula is C25H25N3O2. The molecule has 0 aromatic heterocycles. The Labute approximate surface area is 176 Å². The van der Waals surface area contributed by atoms with Gasteiger partial charge in [0.25, 0.3) is 0 Å². The summed E-state index contributed by atoms with van der Waals surface area (Å²) in [7, 11) is 0. The molecule has 2 aromatic rings. The molecule has 5 heteroatoms. The highest BCUT2D eigenvalue weighted by atomic mass is 16.2. The molecular weight excluding hydrogens is 374 g/mol. The average molecular weight is 399 g/mol. The molecule has 152 valence electrons. The first-order chi connectivity index (χ1) is 14.6. The van der Waals surface area contributed by atoms with E-state index in [0.29, 0.717) is 24.7 Å². The lowest BCUT2D eigenvalue weighted by Crippen LogP contribution is -2.40. The molecule has 2 amide bonds. The number of nitriles is 1. The maximum absolute atomic E-state index is 12.7. The van der Waals surface area contributed by atoms with Crippen LogP contribution in [-0.2, 0) is 22.4 Å². The number of benzene rings is 2. The normalized spacial score (nSPS) is 24.8. The fraction of sp³-hybridized carbons (Fsp3) is 0.400. The minimum atomic E-state index is -0.509. The van der Waals surface area contributed by atoms with Gasteiger partial charge in [-0.05, 0) is 59.4 Å². The van der Waals surface area contributed by atoms with Crippen molar-refractivity contribution in [3.8, 4) is 17.2 Å². The molecule has 2 N–H and O–H groups in total. The van der Waals surface area contributed by atoms with Crippen LogP contribution in [0, 0.1) is 29.1 Å². The van der Waals surface area contributed by atoms with Crippen LogP contribution in [0.1, 0.15) is 36.8 Å². The van der Waals surface area contributed by atoms with E-state index < -0.39 is 6.04 Å². The predicted octanol–water partition coefficient (Wildman–Crippen LogP) is 3.84. The highest BCUT2D eigenvalue weighted by molar-refractivity contribution is 6.01. The number of carbonyl (C=O) groups excluding carboxylic acids is 2. The second-order valence-corrected chi connectivity index (χ2v) is 8.93. The Bertz CT molecular complexity index is 1040. The second-order valence-electron chi connectivity index (χ2n) is 8.93. The molecule has 30 heavy (non-hydrogen) atoms. The van der Waals surface area contributed by atoms with E-state index in [1.54, 1.807) is 0 Å². The number of fused-ring (bicyclic) bond motifs is 3. The fourth-order valence-corrected chi connectivity index (χ4v) is 5.55. The van der Waals surface area contributed by atoms with Crippen LogP contribution in [0.3, 0.4) is 0 Å². The summed E-state index contributed by atoms with van der Waals surface area (Å²) in [5, 5.41) is 15.4. The van der Waals surface area contributed by atoms with E-state index in [1.807, 2.05) is 42.5 Å². The van der Waals surface area contributed by atoms with Gasteiger partial charge in [-0.1, -0.05) is 42.8 Å². The summed E-state index contributed by atoms with van der Waals surface area (Å²) >= 11 is 0. The molecule has 3 aliphatic rings. The van der Waals surface area contributed by atoms with Gasteiger partial charge in [0, 0.05) is 18.0 Å². The number of hydrogen-bond acceptors (Lipinski definition) is 3. The molecule has 2 saturated carbocycles. The molecule has 0 saturated heterocycles. The summed E-state index contributed by atoms with van der Waals surface area (Å²) in [5.74, 6) is 1.41. The molecule has 2 fully saturated rings. The standard InChI is InChI=1S/C25H25N3O2/c26-14-19(27-25(30)21-12-16-6-9-18(21)10-16)11-15-4-7-17(8-5-15)20-2-1-3-23-22(20)13-24(29)28-23/h1-5,7-8,16,18-19,21H,6,9-13H2,(H,27,30)(H,28,29)/t16-,18+,19+,21+/m1/s1. The van der Waals surface area contributed by atoms with E-state index in [1.165, 1.54) is 12.8 Å². The van der Waals surface area contributed by atoms with Crippen molar-refractivity contribution in [2.75, 3.05) is 5.32 Å². The minimum Gasteiger partial charge on any atom is -0.340 e. The number of carbonyl (C=O) groups is 2. The molecule has 1 aliphatic heterocycles. The van der Waals surface area contributed by atoms with Crippen LogP contribution in [0.2, 0.25) is 0 Å². The third-order valence-corrected chi connectivity index (χ3v) is 7.04. The largest absolute Gasteiger partial charge is 0.340 e. The lowest BCUT2D eigenvalue weighted by atomic mass is 9.88. The van der Waals surface area contributed by atoms with Gasteiger partial charge in [-0.25, -0.2) is 0 Å². The molecule has 2 aromatic carbocycles. The smallest absolute Gasteiger partial charge is 0.228 e. The van der Waals surface area contributed by atoms with Crippen LogP contribution in [0.25, 0.3) is 11.1 Å². The van der Waals surface area contributed by atoms with Crippen molar-refractivity contribution in [3.05, 3.63) is 53.6 Å². The highest BCUT2D eigenvalue weighted by Gasteiger charge is 2.43. The molecule has 5 rings (SSSR count). The van der Waals surface area contributed by atoms with Crippen LogP contribution < -0.4 is 10.6 Å². The van der Waals surface area contributed by atoms with Gasteiger partial charge in [0.2, 0.25) is 11.8 Å². The molecule has 2 aliphatic carbocycles. The zero-order valence-corrected chi connectivity index (χ0v) is 16.9. The Hall–Kier alpha value is -3.13. The van der Waals surface area contributed by atoms with Gasteiger partial charge in [0.1, 0.15) is 6.04 Å². The van der Waals surface area contributed by atoms with E-state index in [4.69, 9.17) is 0 Å². The van der Waals surface area contributed by atoms with E-state index in [-0.39, 0.29) is 17.7 Å². The predicted molar refractivity (Wildman–Crippen MR) is 114 cm³/mol. The quantitative estimate of drug-likeness (QED) is 0.802. The fourth-order valence-electron chi connectivity index (χ4n) is 5.55. The number of hydrogen-bond donors (Lipinski definition) is 2. The number of anilines is 1. The van der Waals surface area contributed by atoms with Crippen LogP contribution in [-0.4, -0.2) is 17.9 Å². The zero-order valence-electron chi connectivity index (χ0n) is 16.9. The Morgan fingerprint density at radius 2 is 2.00 bits per heavy atom. The van der Waals surface area contributed by atoms with Gasteiger partial charge in [0.15, 0.2) is 0 Å². The summed E-state index contributed by atoms with van der Waals surface area (Å²) in [6.07, 6.45) is 5.49. The van der Waals surface area contributed by atoms with Crippen LogP contribution in [0.4, 0.5) is 5.69 Å². The molecule has 1 heterocycles. The Kier molecular flexibility index (Phi) is 4.78. The summed E-state index contributed by atoms with van der Waals surface area (Å²) in [5.41, 5.74) is 5.03. The van der Waals surface area contributed by atoms with Crippen molar-refractivity contribution in [1.82, 2.24) is 5.32 Å². The summed E-state index contributed by atoms with van der Waals surface area (Å²) in [6.45, 7) is 0. The van der Waals surface area contributed by atoms with Gasteiger partial charge in [-0.3, -0.25) is 9.59 Å². The van der Waals surface area contributed by atoms with E-state index >= 15 is 0 Å². The molecule has 2 bridgehead atoms. The summed E-state index contributed by atoms with van der Waals surface area (Å²) in [4.78, 5) is 24.4. The van der Waals surface area contributed by atoms with Gasteiger partial charge >= 0.3 is 0 Å². The number of amides is 2. The van der Waals surface area contributed by atoms with Gasteiger partial charge in [-0.15, -0.1) is 0 Å². The molecule has 4 atom stereocenters. The number of rotatable bonds is 5. The Morgan fingerprint density at radius 3 is 2.70 bits per heavy atom. The highest BCUT2D eigenvalue weighted by Crippen LogP contribution is 2.48. The lowest BCUT2D eigenvalue weighted by molar-refractivity contribution is -0.126. The monoisotopic (exact) mass is 399 g/mol. The van der Waals surface area contributed by atoms with Gasteiger partial charge < -0.3 is 10.6 Å². The zero-order chi connectivity index (χ0) is 20.7. The van der Waals surface area contributed by atoms with Crippen molar-refractivity contribution in [2.24, 2.45) is 17.8 Å². The van der Waals surface area contributed by atoms with Crippen molar-refractivity contribution in [2.45, 2.75) is 44.6 Å². The molecule has 0 radical (unpaired) electrons. The number of nitrogens with zero attached hydrogens (tertiary/aromatic N) is 1. The van der Waals surface area contributed by atoms with Crippen molar-refractivity contribution >= 4 is 17.5 Å². The van der Waals surface area contributed by atoms with E-state index in [9.17, 15) is 14.9 Å². The Morgan fingerprint density at radius 1 is 1.17 bits per heavy atom. The molecule has 5 nitrogen and oxygen atoms in total. The summed E-state index contributed by atoms with van der Waals surface area (Å²) in [6, 6.07) is 15.7. The summed E-state index contributed by atoms with van der Waals surface area (Å²) < 4.78 is 0. The first kappa shape index (κ1) is 18.9. The number of nitrogens with one attached hydrogen (secondary N) is 2. The van der Waals surface area contributed by atoms with E-state index in [2.05, 4.69) is 16.7 Å². The minimum absolute atomic E-state index is 0.0251. The van der Waals surface area contributed by atoms with Crippen LogP contribution in [0.15, 0.2) is 42.5 Å². The van der Waals surface area contributed by atoms with Crippen LogP contribution in [0.5, 0.6) is 0 Å². The van der Waals surface area contributed by atoms with Crippen molar-refractivity contribution in [1.29, 1.82) is 5.26 Å².